The van der Waals surface area contributed by atoms with Gasteiger partial charge in [-0.1, -0.05) is 36.7 Å². The van der Waals surface area contributed by atoms with Crippen LogP contribution in [0.4, 0.5) is 5.69 Å². The van der Waals surface area contributed by atoms with Gasteiger partial charge in [-0.05, 0) is 49.2 Å². The van der Waals surface area contributed by atoms with E-state index in [1.54, 1.807) is 42.9 Å². The quantitative estimate of drug-likeness (QED) is 0.673. The van der Waals surface area contributed by atoms with E-state index < -0.39 is 5.91 Å². The molecule has 150 valence electrons. The average molecular weight is 412 g/mol. The fourth-order valence-corrected chi connectivity index (χ4v) is 3.03. The zero-order chi connectivity index (χ0) is 21.0. The molecular formula is C21H22ClN5O2. The summed E-state index contributed by atoms with van der Waals surface area (Å²) in [5.41, 5.74) is 2.53. The van der Waals surface area contributed by atoms with Gasteiger partial charge in [0.25, 0.3) is 5.91 Å². The molecule has 0 bridgehead atoms. The molecule has 3 aromatic rings. The highest BCUT2D eigenvalue weighted by atomic mass is 35.5. The van der Waals surface area contributed by atoms with Gasteiger partial charge in [-0.2, -0.15) is 0 Å². The van der Waals surface area contributed by atoms with E-state index in [0.29, 0.717) is 10.8 Å². The normalized spacial score (nSPS) is 10.6. The third-order valence-electron chi connectivity index (χ3n) is 4.43. The molecule has 2 amide bonds. The molecule has 0 saturated heterocycles. The number of carbonyl (C=O) groups excluding carboxylic acids is 2. The Hall–Kier alpha value is -3.19. The molecule has 7 nitrogen and oxygen atoms in total. The summed E-state index contributed by atoms with van der Waals surface area (Å²) < 4.78 is 1.56. The zero-order valence-corrected chi connectivity index (χ0v) is 17.3. The predicted molar refractivity (Wildman–Crippen MR) is 113 cm³/mol. The topological polar surface area (TPSA) is 80.1 Å². The molecule has 0 unspecified atom stereocenters. The number of nitrogens with one attached hydrogen (secondary N) is 1. The Morgan fingerprint density at radius 2 is 1.83 bits per heavy atom. The van der Waals surface area contributed by atoms with Gasteiger partial charge in [0.15, 0.2) is 0 Å². The van der Waals surface area contributed by atoms with E-state index in [2.05, 4.69) is 15.4 Å². The summed E-state index contributed by atoms with van der Waals surface area (Å²) in [5, 5.41) is 7.75. The van der Waals surface area contributed by atoms with Crippen molar-refractivity contribution >= 4 is 29.1 Å². The van der Waals surface area contributed by atoms with Gasteiger partial charge in [0.2, 0.25) is 11.7 Å². The van der Waals surface area contributed by atoms with Crippen LogP contribution in [0.5, 0.6) is 0 Å². The summed E-state index contributed by atoms with van der Waals surface area (Å²) in [4.78, 5) is 30.6. The van der Waals surface area contributed by atoms with Crippen LogP contribution in [0.1, 0.15) is 28.9 Å². The van der Waals surface area contributed by atoms with Crippen molar-refractivity contribution in [2.75, 3.05) is 18.9 Å². The number of carbonyl (C=O) groups is 2. The molecule has 0 saturated carbocycles. The number of likely N-dealkylation sites (N-methyl/N-ethyl adjacent to an activating group) is 1. The Kier molecular flexibility index (Phi) is 6.29. The first-order chi connectivity index (χ1) is 13.9. The number of aryl methyl sites for hydroxylation is 2. The highest BCUT2D eigenvalue weighted by Crippen LogP contribution is 2.16. The number of aromatic nitrogens is 3. The molecule has 1 N–H and O–H groups in total. The number of para-hydroxylation sites is 1. The van der Waals surface area contributed by atoms with Crippen LogP contribution in [-0.4, -0.2) is 45.1 Å². The number of amides is 2. The first-order valence-corrected chi connectivity index (χ1v) is 9.59. The largest absolute Gasteiger partial charge is 0.330 e. The monoisotopic (exact) mass is 411 g/mol. The number of rotatable bonds is 6. The molecule has 1 aromatic heterocycles. The first-order valence-electron chi connectivity index (χ1n) is 9.22. The molecule has 0 radical (unpaired) electrons. The number of nitrogens with zero attached hydrogens (tertiary/aromatic N) is 4. The number of benzene rings is 2. The fourth-order valence-electron chi connectivity index (χ4n) is 2.91. The lowest BCUT2D eigenvalue weighted by molar-refractivity contribution is -0.116. The summed E-state index contributed by atoms with van der Waals surface area (Å²) in [6.45, 7) is 3.67. The fraction of sp³-hybridized carbons (Fsp3) is 0.238. The van der Waals surface area contributed by atoms with Crippen LogP contribution in [0, 0.1) is 6.92 Å². The number of hydrogen-bond donors (Lipinski definition) is 1. The van der Waals surface area contributed by atoms with Gasteiger partial charge in [0, 0.05) is 17.8 Å². The van der Waals surface area contributed by atoms with Crippen LogP contribution < -0.4 is 5.32 Å². The van der Waals surface area contributed by atoms with Crippen LogP contribution in [0.2, 0.25) is 5.02 Å². The highest BCUT2D eigenvalue weighted by molar-refractivity contribution is 6.30. The second-order valence-electron chi connectivity index (χ2n) is 6.59. The van der Waals surface area contributed by atoms with E-state index in [9.17, 15) is 9.59 Å². The van der Waals surface area contributed by atoms with E-state index in [1.165, 1.54) is 4.90 Å². The Labute approximate surface area is 174 Å². The zero-order valence-electron chi connectivity index (χ0n) is 16.5. The summed E-state index contributed by atoms with van der Waals surface area (Å²) in [5.74, 6) is -0.123. The van der Waals surface area contributed by atoms with Crippen molar-refractivity contribution in [3.8, 4) is 5.69 Å². The van der Waals surface area contributed by atoms with E-state index >= 15 is 0 Å². The minimum atomic E-state index is -0.431. The summed E-state index contributed by atoms with van der Waals surface area (Å²) in [6, 6.07) is 14.7. The van der Waals surface area contributed by atoms with E-state index in [-0.39, 0.29) is 18.3 Å². The van der Waals surface area contributed by atoms with Crippen molar-refractivity contribution in [1.82, 2.24) is 19.7 Å². The Bertz CT molecular complexity index is 1030. The molecule has 0 aliphatic carbocycles. The van der Waals surface area contributed by atoms with Crippen LogP contribution >= 0.6 is 11.6 Å². The lowest BCUT2D eigenvalue weighted by Gasteiger charge is -2.16. The van der Waals surface area contributed by atoms with Gasteiger partial charge >= 0.3 is 0 Å². The Balaban J connectivity index is 1.69. The highest BCUT2D eigenvalue weighted by Gasteiger charge is 2.21. The third kappa shape index (κ3) is 4.81. The van der Waals surface area contributed by atoms with Crippen molar-refractivity contribution in [3.63, 3.8) is 0 Å². The summed E-state index contributed by atoms with van der Waals surface area (Å²) in [6.07, 6.45) is 0.802. The Morgan fingerprint density at radius 1 is 1.14 bits per heavy atom. The standard InChI is InChI=1S/C21H22ClN5O2/c1-4-15-7-5-6-8-18(15)24-19(28)13-26(3)21(29)20-23-14(2)27(25-20)17-11-9-16(22)10-12-17/h5-12H,4,13H2,1-3H3,(H,24,28). The van der Waals surface area contributed by atoms with Gasteiger partial charge in [-0.15, -0.1) is 5.10 Å². The summed E-state index contributed by atoms with van der Waals surface area (Å²) >= 11 is 5.92. The molecule has 0 aliphatic rings. The van der Waals surface area contributed by atoms with E-state index in [0.717, 1.165) is 23.4 Å². The molecular weight excluding hydrogens is 390 g/mol. The molecule has 3 rings (SSSR count). The minimum absolute atomic E-state index is 0.0294. The van der Waals surface area contributed by atoms with Crippen molar-refractivity contribution in [1.29, 1.82) is 0 Å². The smallest absolute Gasteiger partial charge is 0.293 e. The summed E-state index contributed by atoms with van der Waals surface area (Å²) in [7, 11) is 1.55. The van der Waals surface area contributed by atoms with Crippen molar-refractivity contribution in [2.24, 2.45) is 0 Å². The van der Waals surface area contributed by atoms with Gasteiger partial charge in [-0.3, -0.25) is 9.59 Å². The number of anilines is 1. The van der Waals surface area contributed by atoms with Crippen LogP contribution in [0.15, 0.2) is 48.5 Å². The SMILES string of the molecule is CCc1ccccc1NC(=O)CN(C)C(=O)c1nc(C)n(-c2ccc(Cl)cc2)n1. The Morgan fingerprint density at radius 3 is 2.52 bits per heavy atom. The second kappa shape index (κ2) is 8.87. The first kappa shape index (κ1) is 20.5. The predicted octanol–water partition coefficient (Wildman–Crippen LogP) is 3.50. The third-order valence-corrected chi connectivity index (χ3v) is 4.68. The van der Waals surface area contributed by atoms with Crippen LogP contribution in [0.3, 0.4) is 0 Å². The average Bonchev–Trinajstić information content (AvgIpc) is 3.09. The van der Waals surface area contributed by atoms with Crippen molar-refractivity contribution < 1.29 is 9.59 Å². The van der Waals surface area contributed by atoms with Crippen molar-refractivity contribution in [2.45, 2.75) is 20.3 Å². The maximum atomic E-state index is 12.7. The van der Waals surface area contributed by atoms with Crippen LogP contribution in [-0.2, 0) is 11.2 Å². The molecule has 0 atom stereocenters. The molecule has 1 heterocycles. The van der Waals surface area contributed by atoms with E-state index in [1.807, 2.05) is 31.2 Å². The molecule has 2 aromatic carbocycles. The second-order valence-corrected chi connectivity index (χ2v) is 7.03. The van der Waals surface area contributed by atoms with Gasteiger partial charge in [0.05, 0.1) is 12.2 Å². The number of halogens is 1. The molecule has 0 spiro atoms. The maximum absolute atomic E-state index is 12.7. The van der Waals surface area contributed by atoms with Gasteiger partial charge < -0.3 is 10.2 Å². The van der Waals surface area contributed by atoms with Crippen molar-refractivity contribution in [3.05, 3.63) is 70.8 Å². The maximum Gasteiger partial charge on any atom is 0.293 e. The lowest BCUT2D eigenvalue weighted by atomic mass is 10.1. The lowest BCUT2D eigenvalue weighted by Crippen LogP contribution is -2.35. The molecule has 0 fully saturated rings. The van der Waals surface area contributed by atoms with E-state index in [4.69, 9.17) is 11.6 Å². The number of hydrogen-bond acceptors (Lipinski definition) is 4. The van der Waals surface area contributed by atoms with Gasteiger partial charge in [-0.25, -0.2) is 9.67 Å². The van der Waals surface area contributed by atoms with Crippen LogP contribution in [0.25, 0.3) is 5.69 Å². The molecule has 0 aliphatic heterocycles. The molecule has 8 heteroatoms. The molecule has 29 heavy (non-hydrogen) atoms. The van der Waals surface area contributed by atoms with Gasteiger partial charge in [0.1, 0.15) is 5.82 Å². The minimum Gasteiger partial charge on any atom is -0.330 e.